The van der Waals surface area contributed by atoms with Gasteiger partial charge in [-0.25, -0.2) is 0 Å². The molecule has 116 valence electrons. The molecule has 0 aliphatic carbocycles. The van der Waals surface area contributed by atoms with Crippen LogP contribution in [-0.2, 0) is 11.2 Å². The van der Waals surface area contributed by atoms with Crippen LogP contribution in [0.5, 0.6) is 0 Å². The SMILES string of the molecule is CCc1ccc(NC(=O)CN2CCCC(C)C2CO)cc1. The summed E-state index contributed by atoms with van der Waals surface area (Å²) in [7, 11) is 0. The highest BCUT2D eigenvalue weighted by molar-refractivity contribution is 5.92. The fourth-order valence-corrected chi connectivity index (χ4v) is 3.03. The number of aliphatic hydroxyl groups is 1. The maximum Gasteiger partial charge on any atom is 0.238 e. The van der Waals surface area contributed by atoms with E-state index in [0.29, 0.717) is 12.5 Å². The lowest BCUT2D eigenvalue weighted by molar-refractivity contribution is -0.118. The molecule has 4 nitrogen and oxygen atoms in total. The van der Waals surface area contributed by atoms with Crippen molar-refractivity contribution in [1.29, 1.82) is 0 Å². The molecule has 1 saturated heterocycles. The Kier molecular flexibility index (Phi) is 5.76. The van der Waals surface area contributed by atoms with Crippen molar-refractivity contribution in [3.8, 4) is 0 Å². The number of likely N-dealkylation sites (tertiary alicyclic amines) is 1. The van der Waals surface area contributed by atoms with Gasteiger partial charge in [0, 0.05) is 11.7 Å². The Morgan fingerprint density at radius 1 is 1.38 bits per heavy atom. The van der Waals surface area contributed by atoms with Crippen molar-refractivity contribution < 1.29 is 9.90 Å². The molecule has 1 amide bonds. The van der Waals surface area contributed by atoms with Gasteiger partial charge in [-0.15, -0.1) is 0 Å². The highest BCUT2D eigenvalue weighted by atomic mass is 16.3. The Balaban J connectivity index is 1.90. The first-order chi connectivity index (χ1) is 10.1. The van der Waals surface area contributed by atoms with E-state index in [4.69, 9.17) is 0 Å². The number of hydrogen-bond donors (Lipinski definition) is 2. The van der Waals surface area contributed by atoms with Crippen molar-refractivity contribution in [1.82, 2.24) is 4.90 Å². The molecule has 2 N–H and O–H groups in total. The van der Waals surface area contributed by atoms with Gasteiger partial charge in [-0.05, 0) is 49.4 Å². The van der Waals surface area contributed by atoms with Crippen LogP contribution in [0.15, 0.2) is 24.3 Å². The van der Waals surface area contributed by atoms with E-state index in [1.807, 2.05) is 24.3 Å². The Morgan fingerprint density at radius 3 is 2.71 bits per heavy atom. The minimum atomic E-state index is -0.00759. The van der Waals surface area contributed by atoms with Crippen LogP contribution in [0, 0.1) is 5.92 Å². The molecule has 1 aromatic carbocycles. The molecular formula is C17H26N2O2. The minimum Gasteiger partial charge on any atom is -0.395 e. The van der Waals surface area contributed by atoms with Crippen molar-refractivity contribution >= 4 is 11.6 Å². The molecule has 2 atom stereocenters. The zero-order valence-corrected chi connectivity index (χ0v) is 13.0. The summed E-state index contributed by atoms with van der Waals surface area (Å²) in [6.07, 6.45) is 3.22. The van der Waals surface area contributed by atoms with Gasteiger partial charge in [-0.3, -0.25) is 9.69 Å². The van der Waals surface area contributed by atoms with Crippen LogP contribution < -0.4 is 5.32 Å². The number of aliphatic hydroxyl groups excluding tert-OH is 1. The largest absolute Gasteiger partial charge is 0.395 e. The van der Waals surface area contributed by atoms with Gasteiger partial charge in [0.15, 0.2) is 0 Å². The highest BCUT2D eigenvalue weighted by Gasteiger charge is 2.28. The highest BCUT2D eigenvalue weighted by Crippen LogP contribution is 2.22. The average molecular weight is 290 g/mol. The van der Waals surface area contributed by atoms with Crippen molar-refractivity contribution in [2.24, 2.45) is 5.92 Å². The molecule has 0 aromatic heterocycles. The molecule has 2 rings (SSSR count). The van der Waals surface area contributed by atoms with Crippen LogP contribution in [0.2, 0.25) is 0 Å². The van der Waals surface area contributed by atoms with E-state index < -0.39 is 0 Å². The Bertz CT molecular complexity index is 458. The summed E-state index contributed by atoms with van der Waals surface area (Å²) in [5.74, 6) is 0.437. The van der Waals surface area contributed by atoms with E-state index >= 15 is 0 Å². The van der Waals surface area contributed by atoms with Crippen LogP contribution in [-0.4, -0.2) is 41.7 Å². The molecule has 0 spiro atoms. The van der Waals surface area contributed by atoms with Crippen molar-refractivity contribution in [3.63, 3.8) is 0 Å². The summed E-state index contributed by atoms with van der Waals surface area (Å²) in [6, 6.07) is 8.06. The number of amides is 1. The summed E-state index contributed by atoms with van der Waals surface area (Å²) in [6.45, 7) is 5.62. The first-order valence-electron chi connectivity index (χ1n) is 7.87. The number of benzene rings is 1. The summed E-state index contributed by atoms with van der Waals surface area (Å²) < 4.78 is 0. The summed E-state index contributed by atoms with van der Waals surface area (Å²) >= 11 is 0. The predicted octanol–water partition coefficient (Wildman–Crippen LogP) is 2.28. The number of hydrogen-bond acceptors (Lipinski definition) is 3. The third-order valence-electron chi connectivity index (χ3n) is 4.41. The standard InChI is InChI=1S/C17H26N2O2/c1-3-14-6-8-15(9-7-14)18-17(21)11-19-10-4-5-13(2)16(19)12-20/h6-9,13,16,20H,3-5,10-12H2,1-2H3,(H,18,21). The van der Waals surface area contributed by atoms with Gasteiger partial charge >= 0.3 is 0 Å². The zero-order chi connectivity index (χ0) is 15.2. The van der Waals surface area contributed by atoms with Gasteiger partial charge in [0.25, 0.3) is 0 Å². The number of carbonyl (C=O) groups is 1. The topological polar surface area (TPSA) is 52.6 Å². The lowest BCUT2D eigenvalue weighted by atomic mass is 9.91. The molecule has 1 aromatic rings. The second kappa shape index (κ2) is 7.57. The summed E-state index contributed by atoms with van der Waals surface area (Å²) in [4.78, 5) is 14.3. The summed E-state index contributed by atoms with van der Waals surface area (Å²) in [5, 5.41) is 12.5. The van der Waals surface area contributed by atoms with E-state index in [-0.39, 0.29) is 18.6 Å². The predicted molar refractivity (Wildman–Crippen MR) is 85.3 cm³/mol. The summed E-state index contributed by atoms with van der Waals surface area (Å²) in [5.41, 5.74) is 2.10. The van der Waals surface area contributed by atoms with Gasteiger partial charge in [0.2, 0.25) is 5.91 Å². The van der Waals surface area contributed by atoms with E-state index in [0.717, 1.165) is 31.5 Å². The van der Waals surface area contributed by atoms with Gasteiger partial charge in [-0.1, -0.05) is 26.0 Å². The molecule has 0 bridgehead atoms. The van der Waals surface area contributed by atoms with E-state index in [9.17, 15) is 9.90 Å². The molecule has 1 fully saturated rings. The third kappa shape index (κ3) is 4.29. The number of piperidine rings is 1. The zero-order valence-electron chi connectivity index (χ0n) is 13.0. The molecule has 0 saturated carbocycles. The van der Waals surface area contributed by atoms with Gasteiger partial charge in [0.05, 0.1) is 13.2 Å². The first kappa shape index (κ1) is 16.0. The van der Waals surface area contributed by atoms with E-state index in [1.54, 1.807) is 0 Å². The van der Waals surface area contributed by atoms with Gasteiger partial charge < -0.3 is 10.4 Å². The smallest absolute Gasteiger partial charge is 0.238 e. The van der Waals surface area contributed by atoms with Crippen LogP contribution in [0.1, 0.15) is 32.3 Å². The molecule has 21 heavy (non-hydrogen) atoms. The maximum absolute atomic E-state index is 12.2. The fourth-order valence-electron chi connectivity index (χ4n) is 3.03. The number of carbonyl (C=O) groups excluding carboxylic acids is 1. The van der Waals surface area contributed by atoms with Crippen LogP contribution in [0.3, 0.4) is 0 Å². The van der Waals surface area contributed by atoms with E-state index in [2.05, 4.69) is 24.1 Å². The average Bonchev–Trinajstić information content (AvgIpc) is 2.48. The van der Waals surface area contributed by atoms with E-state index in [1.165, 1.54) is 5.56 Å². The number of anilines is 1. The monoisotopic (exact) mass is 290 g/mol. The normalized spacial score (nSPS) is 23.0. The Labute approximate surface area is 127 Å². The Morgan fingerprint density at radius 2 is 2.10 bits per heavy atom. The minimum absolute atomic E-state index is 0.00759. The lowest BCUT2D eigenvalue weighted by Gasteiger charge is -2.38. The number of nitrogens with zero attached hydrogens (tertiary/aromatic N) is 1. The maximum atomic E-state index is 12.2. The van der Waals surface area contributed by atoms with Gasteiger partial charge in [0.1, 0.15) is 0 Å². The van der Waals surface area contributed by atoms with Gasteiger partial charge in [-0.2, -0.15) is 0 Å². The second-order valence-electron chi connectivity index (χ2n) is 5.94. The second-order valence-corrected chi connectivity index (χ2v) is 5.94. The molecule has 0 radical (unpaired) electrons. The van der Waals surface area contributed by atoms with Crippen molar-refractivity contribution in [3.05, 3.63) is 29.8 Å². The molecule has 1 heterocycles. The molecule has 1 aliphatic rings. The van der Waals surface area contributed by atoms with Crippen LogP contribution >= 0.6 is 0 Å². The van der Waals surface area contributed by atoms with Crippen molar-refractivity contribution in [2.75, 3.05) is 25.0 Å². The fraction of sp³-hybridized carbons (Fsp3) is 0.588. The van der Waals surface area contributed by atoms with Crippen molar-refractivity contribution in [2.45, 2.75) is 39.2 Å². The number of rotatable bonds is 5. The molecule has 4 heteroatoms. The lowest BCUT2D eigenvalue weighted by Crippen LogP contribution is -2.49. The number of aryl methyl sites for hydroxylation is 1. The van der Waals surface area contributed by atoms with Crippen LogP contribution in [0.4, 0.5) is 5.69 Å². The molecule has 2 unspecified atom stereocenters. The molecule has 1 aliphatic heterocycles. The quantitative estimate of drug-likeness (QED) is 0.875. The van der Waals surface area contributed by atoms with Crippen LogP contribution in [0.25, 0.3) is 0 Å². The third-order valence-corrected chi connectivity index (χ3v) is 4.41. The number of nitrogens with one attached hydrogen (secondary N) is 1. The first-order valence-corrected chi connectivity index (χ1v) is 7.87. The molecular weight excluding hydrogens is 264 g/mol. The Hall–Kier alpha value is -1.39.